The number of ether oxygens (including phenoxy) is 1. The topological polar surface area (TPSA) is 50.4 Å². The minimum absolute atomic E-state index is 0.138. The molecule has 20 heavy (non-hydrogen) atoms. The van der Waals surface area contributed by atoms with Crippen LogP contribution in [-0.4, -0.2) is 38.8 Å². The molecule has 4 heteroatoms. The van der Waals surface area contributed by atoms with Crippen LogP contribution in [0.4, 0.5) is 0 Å². The monoisotopic (exact) mass is 284 g/mol. The molecule has 1 amide bonds. The maximum atomic E-state index is 11.9. The van der Waals surface area contributed by atoms with E-state index >= 15 is 0 Å². The van der Waals surface area contributed by atoms with E-state index in [1.165, 1.54) is 25.7 Å². The molecule has 0 bridgehead atoms. The van der Waals surface area contributed by atoms with Gasteiger partial charge in [-0.1, -0.05) is 39.5 Å². The molecular formula is C16H32N2O2. The van der Waals surface area contributed by atoms with Gasteiger partial charge in [0.2, 0.25) is 5.91 Å². The van der Waals surface area contributed by atoms with Crippen molar-refractivity contribution >= 4 is 5.91 Å². The third-order valence-electron chi connectivity index (χ3n) is 4.09. The van der Waals surface area contributed by atoms with Gasteiger partial charge in [0, 0.05) is 26.3 Å². The molecule has 0 saturated heterocycles. The maximum Gasteiger partial charge on any atom is 0.234 e. The average Bonchev–Trinajstić information content (AvgIpc) is 2.65. The Bertz CT molecular complexity index is 272. The SMILES string of the molecule is COCCC(C)(C)CNCC(=O)NC1CCCCCC1. The van der Waals surface area contributed by atoms with Gasteiger partial charge in [-0.15, -0.1) is 0 Å². The Morgan fingerprint density at radius 1 is 1.20 bits per heavy atom. The molecule has 0 spiro atoms. The van der Waals surface area contributed by atoms with Crippen LogP contribution in [0.1, 0.15) is 58.8 Å². The number of methoxy groups -OCH3 is 1. The molecule has 118 valence electrons. The lowest BCUT2D eigenvalue weighted by molar-refractivity contribution is -0.121. The minimum atomic E-state index is 0.138. The first-order valence-corrected chi connectivity index (χ1v) is 8.02. The van der Waals surface area contributed by atoms with Gasteiger partial charge in [0.1, 0.15) is 0 Å². The minimum Gasteiger partial charge on any atom is -0.385 e. The number of nitrogens with one attached hydrogen (secondary N) is 2. The molecule has 4 nitrogen and oxygen atoms in total. The second kappa shape index (κ2) is 9.35. The summed E-state index contributed by atoms with van der Waals surface area (Å²) in [5.74, 6) is 0.138. The van der Waals surface area contributed by atoms with Crippen LogP contribution in [0.3, 0.4) is 0 Å². The van der Waals surface area contributed by atoms with Crippen molar-refractivity contribution in [1.29, 1.82) is 0 Å². The van der Waals surface area contributed by atoms with Crippen molar-refractivity contribution in [1.82, 2.24) is 10.6 Å². The molecule has 1 fully saturated rings. The summed E-state index contributed by atoms with van der Waals surface area (Å²) >= 11 is 0. The van der Waals surface area contributed by atoms with Crippen molar-refractivity contribution in [3.8, 4) is 0 Å². The molecule has 0 heterocycles. The van der Waals surface area contributed by atoms with E-state index < -0.39 is 0 Å². The smallest absolute Gasteiger partial charge is 0.234 e. The van der Waals surface area contributed by atoms with E-state index in [2.05, 4.69) is 24.5 Å². The fourth-order valence-electron chi connectivity index (χ4n) is 2.68. The molecule has 0 unspecified atom stereocenters. The molecule has 0 aromatic carbocycles. The highest BCUT2D eigenvalue weighted by molar-refractivity contribution is 5.78. The van der Waals surface area contributed by atoms with Gasteiger partial charge in [0.15, 0.2) is 0 Å². The van der Waals surface area contributed by atoms with Gasteiger partial charge in [0.25, 0.3) is 0 Å². The van der Waals surface area contributed by atoms with Crippen molar-refractivity contribution < 1.29 is 9.53 Å². The zero-order chi connectivity index (χ0) is 14.8. The summed E-state index contributed by atoms with van der Waals surface area (Å²) in [6, 6.07) is 0.397. The van der Waals surface area contributed by atoms with E-state index in [4.69, 9.17) is 4.74 Å². The summed E-state index contributed by atoms with van der Waals surface area (Å²) in [4.78, 5) is 11.9. The lowest BCUT2D eigenvalue weighted by atomic mass is 9.90. The van der Waals surface area contributed by atoms with Crippen molar-refractivity contribution in [2.45, 2.75) is 64.8 Å². The van der Waals surface area contributed by atoms with Gasteiger partial charge in [-0.2, -0.15) is 0 Å². The number of amides is 1. The van der Waals surface area contributed by atoms with Crippen LogP contribution in [0.5, 0.6) is 0 Å². The van der Waals surface area contributed by atoms with Gasteiger partial charge in [0.05, 0.1) is 6.54 Å². The van der Waals surface area contributed by atoms with Crippen LogP contribution in [0.15, 0.2) is 0 Å². The predicted molar refractivity (Wildman–Crippen MR) is 82.8 cm³/mol. The highest BCUT2D eigenvalue weighted by Crippen LogP contribution is 2.19. The van der Waals surface area contributed by atoms with E-state index in [0.717, 1.165) is 32.4 Å². The second-order valence-corrected chi connectivity index (χ2v) is 6.77. The summed E-state index contributed by atoms with van der Waals surface area (Å²) in [6.45, 7) is 6.43. The Kier molecular flexibility index (Phi) is 8.15. The Hall–Kier alpha value is -0.610. The van der Waals surface area contributed by atoms with Crippen LogP contribution in [0.25, 0.3) is 0 Å². The van der Waals surface area contributed by atoms with Gasteiger partial charge >= 0.3 is 0 Å². The van der Waals surface area contributed by atoms with Gasteiger partial charge in [-0.3, -0.25) is 4.79 Å². The molecule has 0 radical (unpaired) electrons. The fraction of sp³-hybridized carbons (Fsp3) is 0.938. The summed E-state index contributed by atoms with van der Waals surface area (Å²) < 4.78 is 5.11. The Morgan fingerprint density at radius 3 is 2.45 bits per heavy atom. The van der Waals surface area contributed by atoms with E-state index in [0.29, 0.717) is 12.6 Å². The van der Waals surface area contributed by atoms with Crippen LogP contribution in [0, 0.1) is 5.41 Å². The first-order chi connectivity index (χ1) is 9.53. The predicted octanol–water partition coefficient (Wildman–Crippen LogP) is 2.48. The average molecular weight is 284 g/mol. The molecule has 1 saturated carbocycles. The number of carbonyl (C=O) groups is 1. The van der Waals surface area contributed by atoms with E-state index in [1.807, 2.05) is 0 Å². The molecular weight excluding hydrogens is 252 g/mol. The molecule has 0 aliphatic heterocycles. The molecule has 1 aliphatic carbocycles. The Morgan fingerprint density at radius 2 is 1.85 bits per heavy atom. The highest BCUT2D eigenvalue weighted by atomic mass is 16.5. The molecule has 0 aromatic rings. The number of rotatable bonds is 8. The van der Waals surface area contributed by atoms with Gasteiger partial charge < -0.3 is 15.4 Å². The van der Waals surface area contributed by atoms with Gasteiger partial charge in [-0.05, 0) is 24.7 Å². The highest BCUT2D eigenvalue weighted by Gasteiger charge is 2.18. The summed E-state index contributed by atoms with van der Waals surface area (Å²) in [5.41, 5.74) is 0.165. The Balaban J connectivity index is 2.15. The molecule has 1 aliphatic rings. The third kappa shape index (κ3) is 7.85. The Labute approximate surface area is 124 Å². The number of carbonyl (C=O) groups excluding carboxylic acids is 1. The lowest BCUT2D eigenvalue weighted by Gasteiger charge is -2.25. The first-order valence-electron chi connectivity index (χ1n) is 8.02. The zero-order valence-electron chi connectivity index (χ0n) is 13.5. The standard InChI is InChI=1S/C16H32N2O2/c1-16(2,10-11-20-3)13-17-12-15(19)18-14-8-6-4-5-7-9-14/h14,17H,4-13H2,1-3H3,(H,18,19). The first kappa shape index (κ1) is 17.4. The third-order valence-corrected chi connectivity index (χ3v) is 4.09. The van der Waals surface area contributed by atoms with E-state index in [1.54, 1.807) is 7.11 Å². The summed E-state index contributed by atoms with van der Waals surface area (Å²) in [5, 5.41) is 6.43. The van der Waals surface area contributed by atoms with Crippen molar-refractivity contribution in [3.63, 3.8) is 0 Å². The van der Waals surface area contributed by atoms with Crippen LogP contribution in [0.2, 0.25) is 0 Å². The molecule has 2 N–H and O–H groups in total. The van der Waals surface area contributed by atoms with Crippen LogP contribution >= 0.6 is 0 Å². The largest absolute Gasteiger partial charge is 0.385 e. The molecule has 0 aromatic heterocycles. The van der Waals surface area contributed by atoms with Crippen molar-refractivity contribution in [2.75, 3.05) is 26.8 Å². The second-order valence-electron chi connectivity index (χ2n) is 6.77. The van der Waals surface area contributed by atoms with Crippen molar-refractivity contribution in [2.24, 2.45) is 5.41 Å². The van der Waals surface area contributed by atoms with Crippen LogP contribution < -0.4 is 10.6 Å². The number of hydrogen-bond acceptors (Lipinski definition) is 3. The van der Waals surface area contributed by atoms with Gasteiger partial charge in [-0.25, -0.2) is 0 Å². The maximum absolute atomic E-state index is 11.9. The summed E-state index contributed by atoms with van der Waals surface area (Å²) in [6.07, 6.45) is 8.43. The van der Waals surface area contributed by atoms with Crippen LogP contribution in [-0.2, 0) is 9.53 Å². The fourth-order valence-corrected chi connectivity index (χ4v) is 2.68. The normalized spacial score (nSPS) is 17.8. The molecule has 0 atom stereocenters. The van der Waals surface area contributed by atoms with Crippen molar-refractivity contribution in [3.05, 3.63) is 0 Å². The molecule has 1 rings (SSSR count). The zero-order valence-corrected chi connectivity index (χ0v) is 13.5. The quantitative estimate of drug-likeness (QED) is 0.673. The number of hydrogen-bond donors (Lipinski definition) is 2. The summed E-state index contributed by atoms with van der Waals surface area (Å²) in [7, 11) is 1.73. The van der Waals surface area contributed by atoms with E-state index in [9.17, 15) is 4.79 Å². The van der Waals surface area contributed by atoms with E-state index in [-0.39, 0.29) is 11.3 Å². The lowest BCUT2D eigenvalue weighted by Crippen LogP contribution is -2.42.